The van der Waals surface area contributed by atoms with Crippen LogP contribution >= 0.6 is 0 Å². The molecule has 1 N–H and O–H groups in total. The van der Waals surface area contributed by atoms with Gasteiger partial charge in [-0.25, -0.2) is 0 Å². The summed E-state index contributed by atoms with van der Waals surface area (Å²) in [5, 5.41) is 3.02. The minimum absolute atomic E-state index is 0.241. The van der Waals surface area contributed by atoms with Crippen molar-refractivity contribution in [3.8, 4) is 0 Å². The molecule has 12 heavy (non-hydrogen) atoms. The molecule has 1 amide bonds. The van der Waals surface area contributed by atoms with Gasteiger partial charge in [-0.15, -0.1) is 0 Å². The van der Waals surface area contributed by atoms with Crippen LogP contribution in [0.15, 0.2) is 0 Å². The number of carbonyl (C=O) groups excluding carboxylic acids is 1. The van der Waals surface area contributed by atoms with E-state index in [1.165, 1.54) is 0 Å². The van der Waals surface area contributed by atoms with Gasteiger partial charge in [0.2, 0.25) is 5.91 Å². The predicted molar refractivity (Wildman–Crippen MR) is 44.7 cm³/mol. The molecule has 0 spiro atoms. The lowest BCUT2D eigenvalue weighted by Crippen LogP contribution is -2.41. The summed E-state index contributed by atoms with van der Waals surface area (Å²) >= 11 is 0. The number of amides is 1. The molecule has 3 nitrogen and oxygen atoms in total. The number of hydrogen-bond acceptors (Lipinski definition) is 2. The van der Waals surface area contributed by atoms with E-state index in [-0.39, 0.29) is 11.9 Å². The van der Waals surface area contributed by atoms with Crippen LogP contribution in [0.2, 0.25) is 0 Å². The second-order valence-corrected chi connectivity index (χ2v) is 3.70. The Balaban J connectivity index is 1.73. The van der Waals surface area contributed by atoms with Gasteiger partial charge in [-0.05, 0) is 25.7 Å². The van der Waals surface area contributed by atoms with E-state index in [4.69, 9.17) is 4.74 Å². The lowest BCUT2D eigenvalue weighted by Gasteiger charge is -2.22. The Morgan fingerprint density at radius 2 is 2.17 bits per heavy atom. The molecule has 0 bridgehead atoms. The maximum absolute atomic E-state index is 11.3. The Bertz CT molecular complexity index is 171. The average molecular weight is 169 g/mol. The zero-order valence-electron chi connectivity index (χ0n) is 7.21. The number of ether oxygens (including phenoxy) is 1. The van der Waals surface area contributed by atoms with Crippen LogP contribution in [0, 0.1) is 5.92 Å². The maximum atomic E-state index is 11.3. The highest BCUT2D eigenvalue weighted by Gasteiger charge is 2.31. The average Bonchev–Trinajstić information content (AvgIpc) is 2.88. The van der Waals surface area contributed by atoms with Crippen molar-refractivity contribution in [1.29, 1.82) is 0 Å². The normalized spacial score (nSPS) is 29.8. The molecule has 1 atom stereocenters. The first-order chi connectivity index (χ1) is 5.86. The third-order valence-electron chi connectivity index (χ3n) is 2.45. The van der Waals surface area contributed by atoms with Crippen molar-refractivity contribution in [2.45, 2.75) is 31.7 Å². The fourth-order valence-electron chi connectivity index (χ4n) is 1.52. The second kappa shape index (κ2) is 3.44. The molecular formula is C9H15NO2. The van der Waals surface area contributed by atoms with E-state index in [0.29, 0.717) is 12.5 Å². The minimum Gasteiger partial charge on any atom is -0.379 e. The molecule has 1 saturated heterocycles. The van der Waals surface area contributed by atoms with Crippen LogP contribution in [0.3, 0.4) is 0 Å². The molecule has 2 fully saturated rings. The van der Waals surface area contributed by atoms with Crippen LogP contribution in [-0.2, 0) is 9.53 Å². The van der Waals surface area contributed by atoms with Gasteiger partial charge in [0, 0.05) is 12.5 Å². The van der Waals surface area contributed by atoms with Crippen molar-refractivity contribution in [2.24, 2.45) is 5.92 Å². The Morgan fingerprint density at radius 1 is 1.33 bits per heavy atom. The molecule has 0 aromatic heterocycles. The Hall–Kier alpha value is -0.570. The van der Waals surface area contributed by atoms with E-state index in [9.17, 15) is 4.79 Å². The first kappa shape index (κ1) is 8.05. The molecule has 2 aliphatic rings. The first-order valence-electron chi connectivity index (χ1n) is 4.74. The molecule has 1 aliphatic heterocycles. The van der Waals surface area contributed by atoms with Gasteiger partial charge < -0.3 is 10.1 Å². The van der Waals surface area contributed by atoms with Crippen LogP contribution in [-0.4, -0.2) is 25.2 Å². The topological polar surface area (TPSA) is 38.3 Å². The summed E-state index contributed by atoms with van der Waals surface area (Å²) in [7, 11) is 0. The van der Waals surface area contributed by atoms with E-state index in [2.05, 4.69) is 5.32 Å². The second-order valence-electron chi connectivity index (χ2n) is 3.70. The van der Waals surface area contributed by atoms with E-state index in [1.54, 1.807) is 0 Å². The molecule has 0 aromatic carbocycles. The number of rotatable bonds is 2. The summed E-state index contributed by atoms with van der Waals surface area (Å²) < 4.78 is 5.27. The maximum Gasteiger partial charge on any atom is 0.223 e. The summed E-state index contributed by atoms with van der Waals surface area (Å²) in [6.07, 6.45) is 4.33. The van der Waals surface area contributed by atoms with Crippen molar-refractivity contribution in [1.82, 2.24) is 5.32 Å². The van der Waals surface area contributed by atoms with Gasteiger partial charge in [0.15, 0.2) is 0 Å². The highest BCUT2D eigenvalue weighted by molar-refractivity contribution is 5.81. The van der Waals surface area contributed by atoms with Crippen LogP contribution in [0.1, 0.15) is 25.7 Å². The van der Waals surface area contributed by atoms with Crippen LogP contribution in [0.25, 0.3) is 0 Å². The van der Waals surface area contributed by atoms with Crippen LogP contribution in [0.5, 0.6) is 0 Å². The van der Waals surface area contributed by atoms with Gasteiger partial charge in [0.1, 0.15) is 0 Å². The summed E-state index contributed by atoms with van der Waals surface area (Å²) in [6.45, 7) is 1.56. The molecule has 1 saturated carbocycles. The summed E-state index contributed by atoms with van der Waals surface area (Å²) in [6, 6.07) is 0.284. The van der Waals surface area contributed by atoms with E-state index in [1.807, 2.05) is 0 Å². The van der Waals surface area contributed by atoms with Crippen molar-refractivity contribution in [2.75, 3.05) is 13.2 Å². The fraction of sp³-hybridized carbons (Fsp3) is 0.889. The lowest BCUT2D eigenvalue weighted by molar-refractivity contribution is -0.123. The van der Waals surface area contributed by atoms with Gasteiger partial charge >= 0.3 is 0 Å². The standard InChI is InChI=1S/C9H15NO2/c11-9(7-3-4-7)10-8-2-1-5-12-6-8/h7-8H,1-6H2,(H,10,11)/t8-/m0/s1. The molecule has 0 aromatic rings. The van der Waals surface area contributed by atoms with E-state index < -0.39 is 0 Å². The molecule has 1 heterocycles. The van der Waals surface area contributed by atoms with E-state index in [0.717, 1.165) is 32.3 Å². The van der Waals surface area contributed by atoms with E-state index >= 15 is 0 Å². The van der Waals surface area contributed by atoms with Gasteiger partial charge in [0.25, 0.3) is 0 Å². The van der Waals surface area contributed by atoms with Crippen molar-refractivity contribution in [3.63, 3.8) is 0 Å². The van der Waals surface area contributed by atoms with Gasteiger partial charge in [-0.3, -0.25) is 4.79 Å². The molecule has 0 radical (unpaired) electrons. The molecular weight excluding hydrogens is 154 g/mol. The number of carbonyl (C=O) groups is 1. The molecule has 2 rings (SSSR count). The smallest absolute Gasteiger partial charge is 0.223 e. The summed E-state index contributed by atoms with van der Waals surface area (Å²) in [5.74, 6) is 0.567. The summed E-state index contributed by atoms with van der Waals surface area (Å²) in [4.78, 5) is 11.3. The van der Waals surface area contributed by atoms with Crippen LogP contribution < -0.4 is 5.32 Å². The van der Waals surface area contributed by atoms with Crippen molar-refractivity contribution < 1.29 is 9.53 Å². The predicted octanol–water partition coefficient (Wildman–Crippen LogP) is 0.692. The summed E-state index contributed by atoms with van der Waals surface area (Å²) in [5.41, 5.74) is 0. The third-order valence-corrected chi connectivity index (χ3v) is 2.45. The molecule has 0 unspecified atom stereocenters. The molecule has 3 heteroatoms. The number of hydrogen-bond donors (Lipinski definition) is 1. The quantitative estimate of drug-likeness (QED) is 0.660. The van der Waals surface area contributed by atoms with Crippen molar-refractivity contribution >= 4 is 5.91 Å². The largest absolute Gasteiger partial charge is 0.379 e. The zero-order chi connectivity index (χ0) is 8.39. The van der Waals surface area contributed by atoms with Gasteiger partial charge in [-0.2, -0.15) is 0 Å². The molecule has 68 valence electrons. The first-order valence-corrected chi connectivity index (χ1v) is 4.74. The van der Waals surface area contributed by atoms with Crippen LogP contribution in [0.4, 0.5) is 0 Å². The third kappa shape index (κ3) is 1.97. The van der Waals surface area contributed by atoms with Gasteiger partial charge in [-0.1, -0.05) is 0 Å². The Morgan fingerprint density at radius 3 is 2.75 bits per heavy atom. The highest BCUT2D eigenvalue weighted by atomic mass is 16.5. The fourth-order valence-corrected chi connectivity index (χ4v) is 1.52. The zero-order valence-corrected chi connectivity index (χ0v) is 7.21. The monoisotopic (exact) mass is 169 g/mol. The van der Waals surface area contributed by atoms with Gasteiger partial charge in [0.05, 0.1) is 12.6 Å². The number of nitrogens with one attached hydrogen (secondary N) is 1. The minimum atomic E-state index is 0.241. The Labute approximate surface area is 72.5 Å². The van der Waals surface area contributed by atoms with Crippen molar-refractivity contribution in [3.05, 3.63) is 0 Å². The Kier molecular flexibility index (Phi) is 2.30. The lowest BCUT2D eigenvalue weighted by atomic mass is 10.1. The molecule has 1 aliphatic carbocycles. The SMILES string of the molecule is O=C(N[C@H]1CCCOC1)C1CC1. The highest BCUT2D eigenvalue weighted by Crippen LogP contribution is 2.29.